The highest BCUT2D eigenvalue weighted by Crippen LogP contribution is 2.25. The molecule has 2 aromatic rings. The number of amides is 1. The van der Waals surface area contributed by atoms with Crippen molar-refractivity contribution >= 4 is 11.6 Å². The summed E-state index contributed by atoms with van der Waals surface area (Å²) in [5.74, 6) is -0.863. The van der Waals surface area contributed by atoms with E-state index in [-0.39, 0.29) is 5.82 Å². The standard InChI is InChI=1S/C14H14FN3O/c1-14(13(16)19,10-6-8-17-9-7-10)18-12-4-2-11(15)3-5-12/h2-9,18H,1H3,(H2,16,19). The highest BCUT2D eigenvalue weighted by atomic mass is 19.1. The van der Waals surface area contributed by atoms with Crippen LogP contribution >= 0.6 is 0 Å². The van der Waals surface area contributed by atoms with Crippen LogP contribution in [0, 0.1) is 5.82 Å². The molecule has 0 spiro atoms. The van der Waals surface area contributed by atoms with Crippen LogP contribution in [0.1, 0.15) is 12.5 Å². The average molecular weight is 259 g/mol. The van der Waals surface area contributed by atoms with Crippen molar-refractivity contribution in [2.24, 2.45) is 5.73 Å². The highest BCUT2D eigenvalue weighted by Gasteiger charge is 2.33. The Morgan fingerprint density at radius 2 is 1.79 bits per heavy atom. The van der Waals surface area contributed by atoms with Crippen molar-refractivity contribution in [2.75, 3.05) is 5.32 Å². The number of nitrogens with one attached hydrogen (secondary N) is 1. The first-order chi connectivity index (χ1) is 9.02. The fourth-order valence-electron chi connectivity index (χ4n) is 1.78. The SMILES string of the molecule is CC(Nc1ccc(F)cc1)(C(N)=O)c1ccncc1. The van der Waals surface area contributed by atoms with Crippen LogP contribution < -0.4 is 11.1 Å². The van der Waals surface area contributed by atoms with E-state index in [2.05, 4.69) is 10.3 Å². The molecule has 0 fully saturated rings. The minimum atomic E-state index is -1.08. The van der Waals surface area contributed by atoms with Gasteiger partial charge in [0, 0.05) is 18.1 Å². The van der Waals surface area contributed by atoms with Crippen molar-refractivity contribution in [3.05, 3.63) is 60.2 Å². The summed E-state index contributed by atoms with van der Waals surface area (Å²) < 4.78 is 12.9. The molecule has 98 valence electrons. The number of aromatic nitrogens is 1. The molecule has 4 nitrogen and oxygen atoms in total. The van der Waals surface area contributed by atoms with Crippen LogP contribution in [-0.2, 0) is 10.3 Å². The fraction of sp³-hybridized carbons (Fsp3) is 0.143. The van der Waals surface area contributed by atoms with Gasteiger partial charge in [0.1, 0.15) is 11.4 Å². The van der Waals surface area contributed by atoms with E-state index in [0.717, 1.165) is 0 Å². The molecule has 1 heterocycles. The Hall–Kier alpha value is -2.43. The first-order valence-electron chi connectivity index (χ1n) is 5.76. The quantitative estimate of drug-likeness (QED) is 0.882. The Kier molecular flexibility index (Phi) is 3.46. The summed E-state index contributed by atoms with van der Waals surface area (Å²) in [6, 6.07) is 9.16. The lowest BCUT2D eigenvalue weighted by Crippen LogP contribution is -2.45. The Bertz CT molecular complexity index is 571. The maximum Gasteiger partial charge on any atom is 0.247 e. The molecule has 5 heteroatoms. The monoisotopic (exact) mass is 259 g/mol. The summed E-state index contributed by atoms with van der Waals surface area (Å²) in [7, 11) is 0. The van der Waals surface area contributed by atoms with Gasteiger partial charge in [0.25, 0.3) is 0 Å². The molecule has 1 aromatic heterocycles. The molecular weight excluding hydrogens is 245 g/mol. The number of nitrogens with two attached hydrogens (primary N) is 1. The van der Waals surface area contributed by atoms with Crippen LogP contribution in [-0.4, -0.2) is 10.9 Å². The van der Waals surface area contributed by atoms with E-state index in [0.29, 0.717) is 11.3 Å². The van der Waals surface area contributed by atoms with Crippen LogP contribution in [0.15, 0.2) is 48.8 Å². The van der Waals surface area contributed by atoms with Gasteiger partial charge >= 0.3 is 0 Å². The van der Waals surface area contributed by atoms with Crippen molar-refractivity contribution in [3.63, 3.8) is 0 Å². The van der Waals surface area contributed by atoms with E-state index in [9.17, 15) is 9.18 Å². The van der Waals surface area contributed by atoms with Crippen LogP contribution in [0.25, 0.3) is 0 Å². The molecule has 1 unspecified atom stereocenters. The summed E-state index contributed by atoms with van der Waals surface area (Å²) in [6.07, 6.45) is 3.17. The first kappa shape index (κ1) is 13.0. The van der Waals surface area contributed by atoms with E-state index >= 15 is 0 Å². The minimum Gasteiger partial charge on any atom is -0.368 e. The number of halogens is 1. The van der Waals surface area contributed by atoms with Crippen molar-refractivity contribution in [3.8, 4) is 0 Å². The van der Waals surface area contributed by atoms with E-state index in [1.165, 1.54) is 12.1 Å². The number of rotatable bonds is 4. The maximum atomic E-state index is 12.9. The van der Waals surface area contributed by atoms with E-state index < -0.39 is 11.4 Å². The zero-order valence-electron chi connectivity index (χ0n) is 10.4. The fourth-order valence-corrected chi connectivity index (χ4v) is 1.78. The Balaban J connectivity index is 2.36. The van der Waals surface area contributed by atoms with Gasteiger partial charge in [0.05, 0.1) is 0 Å². The van der Waals surface area contributed by atoms with Gasteiger partial charge in [-0.3, -0.25) is 9.78 Å². The van der Waals surface area contributed by atoms with Crippen molar-refractivity contribution in [1.29, 1.82) is 0 Å². The van der Waals surface area contributed by atoms with Crippen LogP contribution in [0.5, 0.6) is 0 Å². The van der Waals surface area contributed by atoms with Gasteiger partial charge in [-0.05, 0) is 48.9 Å². The van der Waals surface area contributed by atoms with Gasteiger partial charge in [-0.15, -0.1) is 0 Å². The van der Waals surface area contributed by atoms with Gasteiger partial charge in [-0.25, -0.2) is 4.39 Å². The molecule has 0 aliphatic rings. The number of hydrogen-bond donors (Lipinski definition) is 2. The van der Waals surface area contributed by atoms with Crippen molar-refractivity contribution < 1.29 is 9.18 Å². The number of pyridine rings is 1. The van der Waals surface area contributed by atoms with E-state index in [4.69, 9.17) is 5.73 Å². The Morgan fingerprint density at radius 1 is 1.21 bits per heavy atom. The number of hydrogen-bond acceptors (Lipinski definition) is 3. The lowest BCUT2D eigenvalue weighted by molar-refractivity contribution is -0.122. The van der Waals surface area contributed by atoms with Crippen LogP contribution in [0.2, 0.25) is 0 Å². The first-order valence-corrected chi connectivity index (χ1v) is 5.76. The molecule has 0 aliphatic heterocycles. The summed E-state index contributed by atoms with van der Waals surface area (Å²) in [5.41, 5.74) is 5.71. The lowest BCUT2D eigenvalue weighted by atomic mass is 9.91. The van der Waals surface area contributed by atoms with Crippen molar-refractivity contribution in [2.45, 2.75) is 12.5 Å². The number of nitrogens with zero attached hydrogens (tertiary/aromatic N) is 1. The van der Waals surface area contributed by atoms with Gasteiger partial charge < -0.3 is 11.1 Å². The molecule has 0 bridgehead atoms. The predicted molar refractivity (Wildman–Crippen MR) is 70.8 cm³/mol. The lowest BCUT2D eigenvalue weighted by Gasteiger charge is -2.29. The molecule has 1 aromatic carbocycles. The van der Waals surface area contributed by atoms with Crippen molar-refractivity contribution in [1.82, 2.24) is 4.98 Å². The third-order valence-corrected chi connectivity index (χ3v) is 2.99. The minimum absolute atomic E-state index is 0.338. The zero-order valence-corrected chi connectivity index (χ0v) is 10.4. The molecule has 19 heavy (non-hydrogen) atoms. The number of anilines is 1. The van der Waals surface area contributed by atoms with Gasteiger partial charge in [0.15, 0.2) is 0 Å². The number of benzene rings is 1. The Morgan fingerprint density at radius 3 is 2.32 bits per heavy atom. The van der Waals surface area contributed by atoms with Crippen LogP contribution in [0.3, 0.4) is 0 Å². The average Bonchev–Trinajstić information content (AvgIpc) is 2.42. The molecule has 0 saturated heterocycles. The molecule has 0 radical (unpaired) electrons. The summed E-state index contributed by atoms with van der Waals surface area (Å²) in [5, 5.41) is 3.03. The second-order valence-corrected chi connectivity index (χ2v) is 4.36. The van der Waals surface area contributed by atoms with E-state index in [1.807, 2.05) is 0 Å². The predicted octanol–water partition coefficient (Wildman–Crippen LogP) is 2.03. The molecular formula is C14H14FN3O. The highest BCUT2D eigenvalue weighted by molar-refractivity contribution is 5.88. The summed E-state index contributed by atoms with van der Waals surface area (Å²) >= 11 is 0. The third-order valence-electron chi connectivity index (χ3n) is 2.99. The number of primary amides is 1. The van der Waals surface area contributed by atoms with Gasteiger partial charge in [-0.2, -0.15) is 0 Å². The Labute approximate surface area is 110 Å². The molecule has 0 saturated carbocycles. The largest absolute Gasteiger partial charge is 0.368 e. The zero-order chi connectivity index (χ0) is 13.9. The third kappa shape index (κ3) is 2.70. The van der Waals surface area contributed by atoms with Crippen LogP contribution in [0.4, 0.5) is 10.1 Å². The second kappa shape index (κ2) is 5.06. The number of carbonyl (C=O) groups excluding carboxylic acids is 1. The van der Waals surface area contributed by atoms with Gasteiger partial charge in [0.2, 0.25) is 5.91 Å². The topological polar surface area (TPSA) is 68.0 Å². The van der Waals surface area contributed by atoms with E-state index in [1.54, 1.807) is 43.6 Å². The second-order valence-electron chi connectivity index (χ2n) is 4.36. The number of carbonyl (C=O) groups is 1. The maximum absolute atomic E-state index is 12.9. The molecule has 1 atom stereocenters. The molecule has 1 amide bonds. The molecule has 3 N–H and O–H groups in total. The molecule has 2 rings (SSSR count). The molecule has 0 aliphatic carbocycles. The normalized spacial score (nSPS) is 13.6. The van der Waals surface area contributed by atoms with Gasteiger partial charge in [-0.1, -0.05) is 0 Å². The summed E-state index contributed by atoms with van der Waals surface area (Å²) in [6.45, 7) is 1.67. The smallest absolute Gasteiger partial charge is 0.247 e. The summed E-state index contributed by atoms with van der Waals surface area (Å²) in [4.78, 5) is 15.7.